The van der Waals surface area contributed by atoms with Gasteiger partial charge in [-0.3, -0.25) is 5.10 Å². The number of benzene rings is 2. The van der Waals surface area contributed by atoms with Gasteiger partial charge in [-0.25, -0.2) is 18.3 Å². The van der Waals surface area contributed by atoms with Crippen LogP contribution in [-0.2, 0) is 0 Å². The van der Waals surface area contributed by atoms with Gasteiger partial charge in [-0.1, -0.05) is 0 Å². The summed E-state index contributed by atoms with van der Waals surface area (Å²) >= 11 is 0. The van der Waals surface area contributed by atoms with E-state index in [4.69, 9.17) is 9.47 Å². The van der Waals surface area contributed by atoms with Crippen LogP contribution in [0.15, 0.2) is 30.3 Å². The number of aromatic amines is 1. The van der Waals surface area contributed by atoms with Crippen molar-refractivity contribution in [2.45, 2.75) is 0 Å². The molecule has 126 valence electrons. The fraction of sp³-hybridized carbons (Fsp3) is 0.125. The average molecular weight is 343 g/mol. The fourth-order valence-electron chi connectivity index (χ4n) is 2.79. The van der Waals surface area contributed by atoms with Crippen LogP contribution in [-0.4, -0.2) is 32.8 Å². The first-order valence-electron chi connectivity index (χ1n) is 7.57. The van der Waals surface area contributed by atoms with E-state index >= 15 is 0 Å². The Hall–Kier alpha value is -3.36. The molecule has 0 unspecified atom stereocenters. The second kappa shape index (κ2) is 5.07. The van der Waals surface area contributed by atoms with Crippen LogP contribution in [0, 0.1) is 11.6 Å². The van der Waals surface area contributed by atoms with Gasteiger partial charge in [0.15, 0.2) is 11.5 Å². The maximum Gasteiger partial charge on any atom is 0.253 e. The molecule has 0 fully saturated rings. The first-order valence-corrected chi connectivity index (χ1v) is 7.57. The second-order valence-corrected chi connectivity index (χ2v) is 5.55. The summed E-state index contributed by atoms with van der Waals surface area (Å²) in [5, 5.41) is 5.77. The maximum absolute atomic E-state index is 13.8. The Bertz CT molecular complexity index is 1120. The molecule has 0 aliphatic carbocycles. The molecule has 1 aliphatic rings. The highest BCUT2D eigenvalue weighted by Gasteiger charge is 2.17. The van der Waals surface area contributed by atoms with Crippen molar-refractivity contribution in [1.29, 1.82) is 0 Å². The first kappa shape index (κ1) is 14.0. The van der Waals surface area contributed by atoms with Gasteiger partial charge >= 0.3 is 0 Å². The standard InChI is InChI=1S/C16H11F2N5O2/c17-8-1-2-10(9(18)5-8)19-15-21-16-20-11-6-13-14(25-4-3-24-13)7-12(11)23(16)22-15/h1-2,5-7H,3-4H2,(H2,19,20,21,22). The molecule has 5 rings (SSSR count). The van der Waals surface area contributed by atoms with Crippen LogP contribution in [0.3, 0.4) is 0 Å². The largest absolute Gasteiger partial charge is 0.486 e. The third kappa shape index (κ3) is 2.24. The molecule has 0 amide bonds. The lowest BCUT2D eigenvalue weighted by molar-refractivity contribution is 0.172. The minimum atomic E-state index is -0.710. The SMILES string of the molecule is Fc1ccc(Nc2nc3nc4cc5c(cc4n3[nH]2)OCCO5)c(F)c1. The van der Waals surface area contributed by atoms with E-state index in [9.17, 15) is 8.78 Å². The number of aromatic nitrogens is 4. The van der Waals surface area contributed by atoms with Gasteiger partial charge in [0.1, 0.15) is 24.8 Å². The summed E-state index contributed by atoms with van der Waals surface area (Å²) in [4.78, 5) is 8.69. The van der Waals surface area contributed by atoms with Crippen molar-refractivity contribution in [2.75, 3.05) is 18.5 Å². The van der Waals surface area contributed by atoms with Crippen molar-refractivity contribution in [1.82, 2.24) is 19.6 Å². The van der Waals surface area contributed by atoms with Gasteiger partial charge in [-0.2, -0.15) is 4.98 Å². The summed E-state index contributed by atoms with van der Waals surface area (Å²) < 4.78 is 39.5. The average Bonchev–Trinajstić information content (AvgIpc) is 3.12. The smallest absolute Gasteiger partial charge is 0.253 e. The van der Waals surface area contributed by atoms with Crippen LogP contribution in [0.5, 0.6) is 11.5 Å². The lowest BCUT2D eigenvalue weighted by Crippen LogP contribution is -2.15. The normalized spacial score (nSPS) is 13.5. The number of anilines is 2. The van der Waals surface area contributed by atoms with Crippen LogP contribution in [0.2, 0.25) is 0 Å². The number of imidazole rings is 1. The van der Waals surface area contributed by atoms with Crippen LogP contribution < -0.4 is 14.8 Å². The molecule has 0 radical (unpaired) electrons. The molecule has 0 bridgehead atoms. The Morgan fingerprint density at radius 2 is 1.84 bits per heavy atom. The molecule has 1 aliphatic heterocycles. The Balaban J connectivity index is 1.57. The Morgan fingerprint density at radius 1 is 1.04 bits per heavy atom. The van der Waals surface area contributed by atoms with Crippen molar-refractivity contribution in [3.63, 3.8) is 0 Å². The van der Waals surface area contributed by atoms with Crippen LogP contribution in [0.4, 0.5) is 20.4 Å². The first-order chi connectivity index (χ1) is 12.2. The fourth-order valence-corrected chi connectivity index (χ4v) is 2.79. The zero-order valence-electron chi connectivity index (χ0n) is 12.7. The number of H-pyrrole nitrogens is 1. The molecule has 9 heteroatoms. The Labute approximate surface area is 139 Å². The van der Waals surface area contributed by atoms with Crippen LogP contribution in [0.1, 0.15) is 0 Å². The minimum Gasteiger partial charge on any atom is -0.486 e. The van der Waals surface area contributed by atoms with E-state index in [0.29, 0.717) is 36.0 Å². The third-order valence-electron chi connectivity index (χ3n) is 3.91. The number of nitrogens with one attached hydrogen (secondary N) is 2. The number of rotatable bonds is 2. The van der Waals surface area contributed by atoms with Crippen molar-refractivity contribution >= 4 is 28.4 Å². The third-order valence-corrected chi connectivity index (χ3v) is 3.91. The van der Waals surface area contributed by atoms with Gasteiger partial charge in [-0.05, 0) is 12.1 Å². The highest BCUT2D eigenvalue weighted by Crippen LogP contribution is 2.34. The van der Waals surface area contributed by atoms with Gasteiger partial charge in [0, 0.05) is 18.2 Å². The molecule has 2 aromatic heterocycles. The Morgan fingerprint density at radius 3 is 2.64 bits per heavy atom. The number of hydrogen-bond acceptors (Lipinski definition) is 5. The summed E-state index contributed by atoms with van der Waals surface area (Å²) in [5.74, 6) is 0.612. The van der Waals surface area contributed by atoms with Crippen molar-refractivity contribution < 1.29 is 18.3 Å². The Kier molecular flexibility index (Phi) is 2.84. The minimum absolute atomic E-state index is 0.108. The zero-order valence-corrected chi connectivity index (χ0v) is 12.7. The van der Waals surface area contributed by atoms with Crippen LogP contribution >= 0.6 is 0 Å². The quantitative estimate of drug-likeness (QED) is 0.585. The molecule has 7 nitrogen and oxygen atoms in total. The molecule has 0 spiro atoms. The highest BCUT2D eigenvalue weighted by atomic mass is 19.1. The van der Waals surface area contributed by atoms with E-state index < -0.39 is 11.6 Å². The van der Waals surface area contributed by atoms with Gasteiger partial charge in [0.25, 0.3) is 5.78 Å². The van der Waals surface area contributed by atoms with E-state index in [2.05, 4.69) is 20.4 Å². The van der Waals surface area contributed by atoms with E-state index in [1.165, 1.54) is 12.1 Å². The maximum atomic E-state index is 13.8. The monoisotopic (exact) mass is 343 g/mol. The molecular formula is C16H11F2N5O2. The summed E-state index contributed by atoms with van der Waals surface area (Å²) in [6, 6.07) is 6.87. The number of fused-ring (bicyclic) bond motifs is 4. The van der Waals surface area contributed by atoms with Crippen molar-refractivity contribution in [2.24, 2.45) is 0 Å². The molecule has 0 saturated carbocycles. The predicted molar refractivity (Wildman–Crippen MR) is 85.5 cm³/mol. The van der Waals surface area contributed by atoms with Crippen LogP contribution in [0.25, 0.3) is 16.8 Å². The number of halogens is 2. The molecule has 3 heterocycles. The van der Waals surface area contributed by atoms with E-state index in [0.717, 1.165) is 11.6 Å². The number of nitrogens with zero attached hydrogens (tertiary/aromatic N) is 3. The van der Waals surface area contributed by atoms with E-state index in [1.807, 2.05) is 6.07 Å². The molecule has 25 heavy (non-hydrogen) atoms. The highest BCUT2D eigenvalue weighted by molar-refractivity contribution is 5.83. The van der Waals surface area contributed by atoms with Gasteiger partial charge in [0.05, 0.1) is 16.7 Å². The van der Waals surface area contributed by atoms with Crippen molar-refractivity contribution in [3.05, 3.63) is 42.0 Å². The predicted octanol–water partition coefficient (Wildman–Crippen LogP) is 3.00. The molecule has 2 aromatic carbocycles. The summed E-state index contributed by atoms with van der Waals surface area (Å²) in [5.41, 5.74) is 1.55. The lowest BCUT2D eigenvalue weighted by atomic mass is 10.2. The molecule has 4 aromatic rings. The lowest BCUT2D eigenvalue weighted by Gasteiger charge is -2.17. The summed E-state index contributed by atoms with van der Waals surface area (Å²) in [6.45, 7) is 0.986. The van der Waals surface area contributed by atoms with Gasteiger partial charge in [-0.15, -0.1) is 0 Å². The van der Waals surface area contributed by atoms with E-state index in [-0.39, 0.29) is 11.6 Å². The molecule has 0 atom stereocenters. The van der Waals surface area contributed by atoms with Crippen molar-refractivity contribution in [3.8, 4) is 11.5 Å². The van der Waals surface area contributed by atoms with E-state index in [1.54, 1.807) is 10.6 Å². The summed E-state index contributed by atoms with van der Waals surface area (Å²) in [7, 11) is 0. The number of hydrogen-bond donors (Lipinski definition) is 2. The molecule has 2 N–H and O–H groups in total. The summed E-state index contributed by atoms with van der Waals surface area (Å²) in [6.07, 6.45) is 0. The zero-order chi connectivity index (χ0) is 17.0. The molecular weight excluding hydrogens is 332 g/mol. The van der Waals surface area contributed by atoms with Gasteiger partial charge < -0.3 is 14.8 Å². The number of ether oxygens (including phenoxy) is 2. The second-order valence-electron chi connectivity index (χ2n) is 5.55. The topological polar surface area (TPSA) is 76.5 Å². The molecule has 0 saturated heterocycles. The van der Waals surface area contributed by atoms with Gasteiger partial charge in [0.2, 0.25) is 5.95 Å².